The maximum Gasteiger partial charge on any atom is 0.348 e. The van der Waals surface area contributed by atoms with Crippen LogP contribution in [0.2, 0.25) is 0 Å². The first-order chi connectivity index (χ1) is 9.15. The van der Waals surface area contributed by atoms with Crippen molar-refractivity contribution in [3.8, 4) is 0 Å². The molecule has 8 heteroatoms. The van der Waals surface area contributed by atoms with Crippen molar-refractivity contribution in [2.75, 3.05) is 5.32 Å². The van der Waals surface area contributed by atoms with Crippen molar-refractivity contribution in [3.05, 3.63) is 39.9 Å². The SMILES string of the molecule is Cc1noc(C)c1CNc1cc2n[nH]c(=O)n2cn1. The highest BCUT2D eigenvalue weighted by molar-refractivity contribution is 5.48. The Morgan fingerprint density at radius 3 is 3.05 bits per heavy atom. The van der Waals surface area contributed by atoms with E-state index < -0.39 is 0 Å². The van der Waals surface area contributed by atoms with Gasteiger partial charge in [-0.2, -0.15) is 5.10 Å². The summed E-state index contributed by atoms with van der Waals surface area (Å²) in [4.78, 5) is 15.4. The normalized spacial score (nSPS) is 11.1. The van der Waals surface area contributed by atoms with Crippen molar-refractivity contribution in [3.63, 3.8) is 0 Å². The molecular weight excluding hydrogens is 248 g/mol. The molecule has 3 aromatic heterocycles. The third-order valence-corrected chi connectivity index (χ3v) is 2.94. The predicted molar refractivity (Wildman–Crippen MR) is 66.9 cm³/mol. The molecule has 0 aromatic carbocycles. The van der Waals surface area contributed by atoms with E-state index in [4.69, 9.17) is 4.52 Å². The third kappa shape index (κ3) is 1.96. The first-order valence-corrected chi connectivity index (χ1v) is 5.73. The predicted octanol–water partition coefficient (Wildman–Crippen LogP) is 0.635. The van der Waals surface area contributed by atoms with Crippen LogP contribution in [0.25, 0.3) is 5.65 Å². The smallest absolute Gasteiger partial charge is 0.348 e. The van der Waals surface area contributed by atoms with Gasteiger partial charge in [0.05, 0.1) is 5.69 Å². The van der Waals surface area contributed by atoms with Gasteiger partial charge in [0.15, 0.2) is 5.65 Å². The maximum atomic E-state index is 11.3. The zero-order valence-corrected chi connectivity index (χ0v) is 10.5. The lowest BCUT2D eigenvalue weighted by Gasteiger charge is -2.04. The maximum absolute atomic E-state index is 11.3. The van der Waals surface area contributed by atoms with Gasteiger partial charge in [-0.3, -0.25) is 0 Å². The van der Waals surface area contributed by atoms with Gasteiger partial charge in [0, 0.05) is 18.2 Å². The average molecular weight is 260 g/mol. The fourth-order valence-electron chi connectivity index (χ4n) is 1.84. The molecule has 0 radical (unpaired) electrons. The van der Waals surface area contributed by atoms with Crippen molar-refractivity contribution in [1.82, 2.24) is 24.7 Å². The Bertz CT molecular complexity index is 764. The summed E-state index contributed by atoms with van der Waals surface area (Å²) in [6.07, 6.45) is 1.43. The molecule has 0 amide bonds. The highest BCUT2D eigenvalue weighted by Crippen LogP contribution is 2.14. The number of hydrogen-bond donors (Lipinski definition) is 2. The Balaban J connectivity index is 1.84. The number of aryl methyl sites for hydroxylation is 2. The number of hydrogen-bond acceptors (Lipinski definition) is 6. The number of fused-ring (bicyclic) bond motifs is 1. The van der Waals surface area contributed by atoms with E-state index >= 15 is 0 Å². The molecular formula is C11H12N6O2. The molecule has 2 N–H and O–H groups in total. The molecule has 0 atom stereocenters. The van der Waals surface area contributed by atoms with Crippen LogP contribution in [-0.4, -0.2) is 24.7 Å². The van der Waals surface area contributed by atoms with Crippen LogP contribution in [0.4, 0.5) is 5.82 Å². The van der Waals surface area contributed by atoms with Gasteiger partial charge >= 0.3 is 5.69 Å². The monoisotopic (exact) mass is 260 g/mol. The van der Waals surface area contributed by atoms with E-state index in [0.29, 0.717) is 18.0 Å². The molecule has 3 rings (SSSR count). The summed E-state index contributed by atoms with van der Waals surface area (Å²) >= 11 is 0. The molecule has 98 valence electrons. The van der Waals surface area contributed by atoms with Crippen molar-refractivity contribution >= 4 is 11.5 Å². The summed E-state index contributed by atoms with van der Waals surface area (Å²) in [6, 6.07) is 1.69. The van der Waals surface area contributed by atoms with E-state index in [2.05, 4.69) is 25.7 Å². The van der Waals surface area contributed by atoms with Crippen LogP contribution in [0.3, 0.4) is 0 Å². The average Bonchev–Trinajstić information content (AvgIpc) is 2.92. The van der Waals surface area contributed by atoms with E-state index in [9.17, 15) is 4.79 Å². The van der Waals surface area contributed by atoms with Gasteiger partial charge in [-0.25, -0.2) is 19.3 Å². The second-order valence-electron chi connectivity index (χ2n) is 4.19. The second-order valence-corrected chi connectivity index (χ2v) is 4.19. The minimum absolute atomic E-state index is 0.306. The van der Waals surface area contributed by atoms with Crippen LogP contribution in [0.15, 0.2) is 21.7 Å². The summed E-state index contributed by atoms with van der Waals surface area (Å²) < 4.78 is 6.42. The minimum atomic E-state index is -0.306. The van der Waals surface area contributed by atoms with Crippen molar-refractivity contribution < 1.29 is 4.52 Å². The second kappa shape index (κ2) is 4.23. The Kier molecular flexibility index (Phi) is 2.55. The van der Waals surface area contributed by atoms with E-state index in [-0.39, 0.29) is 5.69 Å². The molecule has 0 saturated heterocycles. The Labute approximate surface area is 107 Å². The van der Waals surface area contributed by atoms with Crippen molar-refractivity contribution in [2.24, 2.45) is 0 Å². The Morgan fingerprint density at radius 2 is 2.32 bits per heavy atom. The van der Waals surface area contributed by atoms with Gasteiger partial charge in [0.25, 0.3) is 0 Å². The van der Waals surface area contributed by atoms with Crippen molar-refractivity contribution in [1.29, 1.82) is 0 Å². The third-order valence-electron chi connectivity index (χ3n) is 2.94. The van der Waals surface area contributed by atoms with Crippen LogP contribution in [0, 0.1) is 13.8 Å². The number of rotatable bonds is 3. The molecule has 19 heavy (non-hydrogen) atoms. The molecule has 0 spiro atoms. The Hall–Kier alpha value is -2.64. The minimum Gasteiger partial charge on any atom is -0.366 e. The van der Waals surface area contributed by atoms with Gasteiger partial charge < -0.3 is 9.84 Å². The summed E-state index contributed by atoms with van der Waals surface area (Å²) in [5.41, 5.74) is 2.06. The number of H-pyrrole nitrogens is 1. The molecule has 0 aliphatic carbocycles. The molecule has 3 heterocycles. The van der Waals surface area contributed by atoms with Gasteiger partial charge in [-0.05, 0) is 13.8 Å². The van der Waals surface area contributed by atoms with Crippen LogP contribution in [0.1, 0.15) is 17.0 Å². The zero-order chi connectivity index (χ0) is 13.4. The standard InChI is InChI=1S/C11H12N6O2/c1-6-8(7(2)19-16-6)4-12-9-3-10-14-15-11(18)17(10)5-13-9/h3,5,12H,4H2,1-2H3,(H,15,18). The number of nitrogens with zero attached hydrogens (tertiary/aromatic N) is 4. The lowest BCUT2D eigenvalue weighted by atomic mass is 10.2. The lowest BCUT2D eigenvalue weighted by molar-refractivity contribution is 0.392. The number of aromatic nitrogens is 5. The van der Waals surface area contributed by atoms with Gasteiger partial charge in [0.1, 0.15) is 17.9 Å². The van der Waals surface area contributed by atoms with Crippen LogP contribution in [-0.2, 0) is 6.54 Å². The summed E-state index contributed by atoms with van der Waals surface area (Å²) in [5, 5.41) is 13.3. The number of aromatic amines is 1. The van der Waals surface area contributed by atoms with Gasteiger partial charge in [-0.15, -0.1) is 0 Å². The lowest BCUT2D eigenvalue weighted by Crippen LogP contribution is -2.10. The fraction of sp³-hybridized carbons (Fsp3) is 0.273. The summed E-state index contributed by atoms with van der Waals surface area (Å²) in [5.74, 6) is 1.41. The van der Waals surface area contributed by atoms with Crippen molar-refractivity contribution in [2.45, 2.75) is 20.4 Å². The Morgan fingerprint density at radius 1 is 1.47 bits per heavy atom. The van der Waals surface area contributed by atoms with Crippen LogP contribution >= 0.6 is 0 Å². The van der Waals surface area contributed by atoms with E-state index in [0.717, 1.165) is 17.0 Å². The molecule has 8 nitrogen and oxygen atoms in total. The first kappa shape index (κ1) is 11.5. The highest BCUT2D eigenvalue weighted by Gasteiger charge is 2.09. The van der Waals surface area contributed by atoms with Crippen LogP contribution < -0.4 is 11.0 Å². The topological polar surface area (TPSA) is 101 Å². The molecule has 0 fully saturated rings. The number of anilines is 1. The largest absolute Gasteiger partial charge is 0.366 e. The van der Waals surface area contributed by atoms with Gasteiger partial charge in [0.2, 0.25) is 0 Å². The molecule has 0 unspecified atom stereocenters. The molecule has 0 bridgehead atoms. The molecule has 0 aliphatic rings. The zero-order valence-electron chi connectivity index (χ0n) is 10.5. The quantitative estimate of drug-likeness (QED) is 0.716. The van der Waals surface area contributed by atoms with E-state index in [1.54, 1.807) is 6.07 Å². The molecule has 0 saturated carbocycles. The van der Waals surface area contributed by atoms with E-state index in [1.165, 1.54) is 10.7 Å². The molecule has 0 aliphatic heterocycles. The van der Waals surface area contributed by atoms with E-state index in [1.807, 2.05) is 13.8 Å². The molecule has 3 aromatic rings. The fourth-order valence-corrected chi connectivity index (χ4v) is 1.84. The van der Waals surface area contributed by atoms with Gasteiger partial charge in [-0.1, -0.05) is 5.16 Å². The van der Waals surface area contributed by atoms with Crippen LogP contribution in [0.5, 0.6) is 0 Å². The number of nitrogens with one attached hydrogen (secondary N) is 2. The summed E-state index contributed by atoms with van der Waals surface area (Å²) in [6.45, 7) is 4.30. The summed E-state index contributed by atoms with van der Waals surface area (Å²) in [7, 11) is 0. The first-order valence-electron chi connectivity index (χ1n) is 5.73. The highest BCUT2D eigenvalue weighted by atomic mass is 16.5.